The predicted molar refractivity (Wildman–Crippen MR) is 75.1 cm³/mol. The highest BCUT2D eigenvalue weighted by molar-refractivity contribution is 5.81. The lowest BCUT2D eigenvalue weighted by Gasteiger charge is -2.24. The van der Waals surface area contributed by atoms with Gasteiger partial charge in [0.25, 0.3) is 5.69 Å². The van der Waals surface area contributed by atoms with E-state index in [0.29, 0.717) is 13.1 Å². The first-order valence-corrected chi connectivity index (χ1v) is 6.90. The molecule has 1 amide bonds. The van der Waals surface area contributed by atoms with Crippen LogP contribution >= 0.6 is 0 Å². The summed E-state index contributed by atoms with van der Waals surface area (Å²) in [6, 6.07) is 6.46. The average molecular weight is 277 g/mol. The van der Waals surface area contributed by atoms with Gasteiger partial charge in [-0.05, 0) is 12.0 Å². The van der Waals surface area contributed by atoms with Gasteiger partial charge >= 0.3 is 0 Å². The lowest BCUT2D eigenvalue weighted by Crippen LogP contribution is -2.31. The minimum atomic E-state index is -0.415. The first kappa shape index (κ1) is 14.5. The van der Waals surface area contributed by atoms with Crippen molar-refractivity contribution in [3.8, 4) is 0 Å². The van der Waals surface area contributed by atoms with Crippen molar-refractivity contribution in [2.45, 2.75) is 32.4 Å². The molecule has 6 nitrogen and oxygen atoms in total. The van der Waals surface area contributed by atoms with E-state index in [1.165, 1.54) is 12.1 Å². The number of rotatable bonds is 6. The van der Waals surface area contributed by atoms with Crippen molar-refractivity contribution in [3.63, 3.8) is 0 Å². The van der Waals surface area contributed by atoms with E-state index in [1.54, 1.807) is 11.0 Å². The summed E-state index contributed by atoms with van der Waals surface area (Å²) in [6.07, 6.45) is 2.87. The molecule has 1 aromatic rings. The second-order valence-electron chi connectivity index (χ2n) is 4.93. The summed E-state index contributed by atoms with van der Waals surface area (Å²) in [5, 5.41) is 13.9. The highest BCUT2D eigenvalue weighted by atomic mass is 16.6. The van der Waals surface area contributed by atoms with E-state index in [2.05, 4.69) is 12.2 Å². The molecule has 20 heavy (non-hydrogen) atoms. The maximum Gasteiger partial charge on any atom is 0.269 e. The van der Waals surface area contributed by atoms with Gasteiger partial charge in [-0.2, -0.15) is 0 Å². The topological polar surface area (TPSA) is 75.5 Å². The minimum Gasteiger partial charge on any atom is -0.322 e. The third kappa shape index (κ3) is 3.14. The number of carbonyl (C=O) groups excluding carboxylic acids is 1. The zero-order valence-electron chi connectivity index (χ0n) is 11.5. The predicted octanol–water partition coefficient (Wildman–Crippen LogP) is 2.22. The van der Waals surface area contributed by atoms with Crippen LogP contribution in [-0.4, -0.2) is 28.8 Å². The van der Waals surface area contributed by atoms with Crippen molar-refractivity contribution in [1.82, 2.24) is 10.2 Å². The third-order valence-corrected chi connectivity index (χ3v) is 3.48. The Bertz CT molecular complexity index is 504. The van der Waals surface area contributed by atoms with Crippen LogP contribution < -0.4 is 5.32 Å². The molecule has 0 aliphatic carbocycles. The average Bonchev–Trinajstić information content (AvgIpc) is 2.81. The van der Waals surface area contributed by atoms with E-state index < -0.39 is 4.92 Å². The lowest BCUT2D eigenvalue weighted by atomic mass is 10.1. The van der Waals surface area contributed by atoms with Crippen LogP contribution in [0.4, 0.5) is 5.69 Å². The van der Waals surface area contributed by atoms with Crippen LogP contribution in [0.5, 0.6) is 0 Å². The molecule has 1 heterocycles. The van der Waals surface area contributed by atoms with Crippen molar-refractivity contribution in [2.75, 3.05) is 13.1 Å². The fourth-order valence-electron chi connectivity index (χ4n) is 2.43. The minimum absolute atomic E-state index is 0.0529. The Kier molecular flexibility index (Phi) is 4.68. The molecule has 1 aromatic carbocycles. The van der Waals surface area contributed by atoms with E-state index in [4.69, 9.17) is 0 Å². The Balaban J connectivity index is 2.15. The zero-order valence-corrected chi connectivity index (χ0v) is 11.5. The number of benzene rings is 1. The fraction of sp³-hybridized carbons (Fsp3) is 0.500. The third-order valence-electron chi connectivity index (χ3n) is 3.48. The zero-order chi connectivity index (χ0) is 14.5. The molecular formula is C14H19N3O3. The molecule has 1 N–H and O–H groups in total. The van der Waals surface area contributed by atoms with Gasteiger partial charge in [-0.3, -0.25) is 20.2 Å². The Morgan fingerprint density at radius 3 is 2.95 bits per heavy atom. The van der Waals surface area contributed by atoms with Gasteiger partial charge in [0, 0.05) is 18.7 Å². The summed E-state index contributed by atoms with van der Waals surface area (Å²) < 4.78 is 0. The molecule has 1 fully saturated rings. The molecule has 2 rings (SSSR count). The molecule has 1 aliphatic heterocycles. The number of hydrogen-bond donors (Lipinski definition) is 1. The van der Waals surface area contributed by atoms with Crippen molar-refractivity contribution >= 4 is 11.6 Å². The molecule has 0 aromatic heterocycles. The first-order chi connectivity index (χ1) is 9.63. The highest BCUT2D eigenvalue weighted by Crippen LogP contribution is 2.25. The van der Waals surface area contributed by atoms with Gasteiger partial charge in [-0.25, -0.2) is 0 Å². The fourth-order valence-corrected chi connectivity index (χ4v) is 2.43. The van der Waals surface area contributed by atoms with Gasteiger partial charge in [0.05, 0.1) is 11.5 Å². The van der Waals surface area contributed by atoms with E-state index in [0.717, 1.165) is 24.8 Å². The SMILES string of the molecule is CCCCCN1C(=O)CNC1c1cccc([N+](=O)[O-])c1. The maximum atomic E-state index is 11.9. The summed E-state index contributed by atoms with van der Waals surface area (Å²) in [5.41, 5.74) is 0.818. The highest BCUT2D eigenvalue weighted by Gasteiger charge is 2.31. The smallest absolute Gasteiger partial charge is 0.269 e. The van der Waals surface area contributed by atoms with Crippen molar-refractivity contribution in [3.05, 3.63) is 39.9 Å². The standard InChI is InChI=1S/C14H19N3O3/c1-2-3-4-8-16-13(18)10-15-14(16)11-6-5-7-12(9-11)17(19)20/h5-7,9,14-15H,2-4,8,10H2,1H3. The summed E-state index contributed by atoms with van der Waals surface area (Å²) in [6.45, 7) is 3.09. The molecule has 1 saturated heterocycles. The van der Waals surface area contributed by atoms with Crippen LogP contribution in [-0.2, 0) is 4.79 Å². The second-order valence-corrected chi connectivity index (χ2v) is 4.93. The first-order valence-electron chi connectivity index (χ1n) is 6.90. The summed E-state index contributed by atoms with van der Waals surface area (Å²) in [4.78, 5) is 24.1. The van der Waals surface area contributed by atoms with E-state index >= 15 is 0 Å². The summed E-state index contributed by atoms with van der Waals surface area (Å²) in [5.74, 6) is 0.0533. The van der Waals surface area contributed by atoms with E-state index in [-0.39, 0.29) is 17.8 Å². The molecule has 0 bridgehead atoms. The number of hydrogen-bond acceptors (Lipinski definition) is 4. The van der Waals surface area contributed by atoms with Crippen LogP contribution in [0.3, 0.4) is 0 Å². The van der Waals surface area contributed by atoms with Crippen molar-refractivity contribution < 1.29 is 9.72 Å². The van der Waals surface area contributed by atoms with E-state index in [1.807, 2.05) is 6.07 Å². The lowest BCUT2D eigenvalue weighted by molar-refractivity contribution is -0.385. The molecule has 0 saturated carbocycles. The Morgan fingerprint density at radius 1 is 1.45 bits per heavy atom. The van der Waals surface area contributed by atoms with Crippen LogP contribution in [0.15, 0.2) is 24.3 Å². The van der Waals surface area contributed by atoms with E-state index in [9.17, 15) is 14.9 Å². The van der Waals surface area contributed by atoms with Crippen LogP contribution in [0.2, 0.25) is 0 Å². The monoisotopic (exact) mass is 277 g/mol. The second kappa shape index (κ2) is 6.47. The quantitative estimate of drug-likeness (QED) is 0.491. The number of nitrogens with one attached hydrogen (secondary N) is 1. The normalized spacial score (nSPS) is 18.6. The van der Waals surface area contributed by atoms with Crippen LogP contribution in [0.1, 0.15) is 37.9 Å². The number of nitro benzene ring substituents is 1. The number of nitro groups is 1. The van der Waals surface area contributed by atoms with Crippen LogP contribution in [0, 0.1) is 10.1 Å². The molecule has 0 spiro atoms. The molecular weight excluding hydrogens is 258 g/mol. The number of nitrogens with zero attached hydrogens (tertiary/aromatic N) is 2. The van der Waals surface area contributed by atoms with Gasteiger partial charge < -0.3 is 4.90 Å². The Hall–Kier alpha value is -1.95. The number of unbranched alkanes of at least 4 members (excludes halogenated alkanes) is 2. The van der Waals surface area contributed by atoms with Gasteiger partial charge in [-0.1, -0.05) is 31.9 Å². The van der Waals surface area contributed by atoms with Gasteiger partial charge in [0.15, 0.2) is 0 Å². The van der Waals surface area contributed by atoms with Gasteiger partial charge in [-0.15, -0.1) is 0 Å². The molecule has 1 aliphatic rings. The Morgan fingerprint density at radius 2 is 2.25 bits per heavy atom. The number of carbonyl (C=O) groups is 1. The maximum absolute atomic E-state index is 11.9. The number of amides is 1. The molecule has 1 atom stereocenters. The van der Waals surface area contributed by atoms with Crippen molar-refractivity contribution in [1.29, 1.82) is 0 Å². The van der Waals surface area contributed by atoms with Gasteiger partial charge in [0.2, 0.25) is 5.91 Å². The molecule has 108 valence electrons. The number of non-ortho nitro benzene ring substituents is 1. The Labute approximate surface area is 117 Å². The van der Waals surface area contributed by atoms with Crippen LogP contribution in [0.25, 0.3) is 0 Å². The summed E-state index contributed by atoms with van der Waals surface area (Å²) >= 11 is 0. The van der Waals surface area contributed by atoms with Crippen molar-refractivity contribution in [2.24, 2.45) is 0 Å². The summed E-state index contributed by atoms with van der Waals surface area (Å²) in [7, 11) is 0. The molecule has 6 heteroatoms. The molecule has 1 unspecified atom stereocenters. The van der Waals surface area contributed by atoms with Gasteiger partial charge in [0.1, 0.15) is 6.17 Å². The largest absolute Gasteiger partial charge is 0.322 e. The molecule has 0 radical (unpaired) electrons.